The maximum atomic E-state index is 11.7. The lowest BCUT2D eigenvalue weighted by Crippen LogP contribution is -2.06. The molecule has 2 aromatic heterocycles. The first-order valence-corrected chi connectivity index (χ1v) is 8.15. The third-order valence-electron chi connectivity index (χ3n) is 3.47. The van der Waals surface area contributed by atoms with E-state index in [4.69, 9.17) is 16.3 Å². The van der Waals surface area contributed by atoms with Crippen molar-refractivity contribution in [3.8, 4) is 0 Å². The average Bonchev–Trinajstić information content (AvgIpc) is 2.68. The van der Waals surface area contributed by atoms with Crippen LogP contribution in [0.5, 0.6) is 0 Å². The number of nitrogens with one attached hydrogen (secondary N) is 2. The Morgan fingerprint density at radius 3 is 2.81 bits per heavy atom. The number of carbonyl (C=O) groups is 1. The summed E-state index contributed by atoms with van der Waals surface area (Å²) in [5.74, 6) is 0.532. The van der Waals surface area contributed by atoms with Crippen LogP contribution in [-0.2, 0) is 11.3 Å². The van der Waals surface area contributed by atoms with Crippen LogP contribution in [-0.4, -0.2) is 28.0 Å². The zero-order valence-electron chi connectivity index (χ0n) is 13.9. The maximum absolute atomic E-state index is 11.7. The van der Waals surface area contributed by atoms with Gasteiger partial charge < -0.3 is 15.4 Å². The van der Waals surface area contributed by atoms with Crippen LogP contribution < -0.4 is 10.6 Å². The Kier molecular flexibility index (Phi) is 5.60. The minimum Gasteiger partial charge on any atom is -0.465 e. The van der Waals surface area contributed by atoms with E-state index in [9.17, 15) is 4.79 Å². The van der Waals surface area contributed by atoms with Gasteiger partial charge in [-0.1, -0.05) is 17.7 Å². The normalized spacial score (nSPS) is 10.2. The summed E-state index contributed by atoms with van der Waals surface area (Å²) in [6, 6.07) is 12.2. The van der Waals surface area contributed by atoms with E-state index in [0.717, 1.165) is 5.69 Å². The van der Waals surface area contributed by atoms with Gasteiger partial charge in [-0.25, -0.2) is 9.78 Å². The number of aromatic nitrogens is 3. The number of methoxy groups -OCH3 is 1. The number of halogens is 1. The Morgan fingerprint density at radius 2 is 2.04 bits per heavy atom. The van der Waals surface area contributed by atoms with Crippen LogP contribution in [0, 0.1) is 0 Å². The molecule has 0 saturated carbocycles. The fourth-order valence-corrected chi connectivity index (χ4v) is 2.35. The number of benzene rings is 1. The van der Waals surface area contributed by atoms with E-state index in [1.165, 1.54) is 7.11 Å². The number of carbonyl (C=O) groups excluding carboxylic acids is 1. The number of hydrogen-bond acceptors (Lipinski definition) is 7. The van der Waals surface area contributed by atoms with Crippen LogP contribution in [0.1, 0.15) is 16.1 Å². The van der Waals surface area contributed by atoms with Gasteiger partial charge in [0, 0.05) is 12.4 Å². The van der Waals surface area contributed by atoms with Crippen LogP contribution in [0.15, 0.2) is 54.9 Å². The van der Waals surface area contributed by atoms with Gasteiger partial charge in [0.2, 0.25) is 5.95 Å². The van der Waals surface area contributed by atoms with Gasteiger partial charge in [0.25, 0.3) is 0 Å². The minimum absolute atomic E-state index is 0.347. The summed E-state index contributed by atoms with van der Waals surface area (Å²) in [4.78, 5) is 24.5. The van der Waals surface area contributed by atoms with E-state index in [2.05, 4.69) is 25.6 Å². The molecule has 1 aromatic carbocycles. The molecule has 0 atom stereocenters. The Morgan fingerprint density at radius 1 is 1.15 bits per heavy atom. The van der Waals surface area contributed by atoms with Gasteiger partial charge in [-0.2, -0.15) is 4.98 Å². The first-order valence-electron chi connectivity index (χ1n) is 7.77. The molecular formula is C18H16ClN5O2. The zero-order chi connectivity index (χ0) is 18.4. The number of nitrogens with zero attached hydrogens (tertiary/aromatic N) is 3. The molecule has 8 heteroatoms. The lowest BCUT2D eigenvalue weighted by atomic mass is 10.2. The van der Waals surface area contributed by atoms with Crippen molar-refractivity contribution >= 4 is 35.0 Å². The zero-order valence-corrected chi connectivity index (χ0v) is 14.7. The van der Waals surface area contributed by atoms with Crippen molar-refractivity contribution in [2.45, 2.75) is 6.54 Å². The SMILES string of the molecule is COC(=O)c1ccc(Cl)c(Nc2nccc(NCc3ccccn3)n2)c1. The third-order valence-corrected chi connectivity index (χ3v) is 3.80. The predicted molar refractivity (Wildman–Crippen MR) is 99.7 cm³/mol. The molecule has 132 valence electrons. The Balaban J connectivity index is 1.73. The second-order valence-electron chi connectivity index (χ2n) is 5.25. The summed E-state index contributed by atoms with van der Waals surface area (Å²) in [6.07, 6.45) is 3.36. The molecule has 0 unspecified atom stereocenters. The van der Waals surface area contributed by atoms with Crippen molar-refractivity contribution in [1.29, 1.82) is 0 Å². The van der Waals surface area contributed by atoms with Gasteiger partial charge in [0.1, 0.15) is 5.82 Å². The van der Waals surface area contributed by atoms with Crippen molar-refractivity contribution in [3.63, 3.8) is 0 Å². The number of rotatable bonds is 6. The quantitative estimate of drug-likeness (QED) is 0.641. The summed E-state index contributed by atoms with van der Waals surface area (Å²) < 4.78 is 4.72. The van der Waals surface area contributed by atoms with Gasteiger partial charge in [0.05, 0.1) is 35.6 Å². The largest absolute Gasteiger partial charge is 0.465 e. The van der Waals surface area contributed by atoms with Gasteiger partial charge in [0.15, 0.2) is 0 Å². The van der Waals surface area contributed by atoms with Crippen LogP contribution in [0.4, 0.5) is 17.5 Å². The monoisotopic (exact) mass is 369 g/mol. The summed E-state index contributed by atoms with van der Waals surface area (Å²) >= 11 is 6.18. The molecule has 0 aliphatic heterocycles. The van der Waals surface area contributed by atoms with Crippen LogP contribution in [0.25, 0.3) is 0 Å². The summed E-state index contributed by atoms with van der Waals surface area (Å²) in [5.41, 5.74) is 1.79. The number of ether oxygens (including phenoxy) is 1. The van der Waals surface area contributed by atoms with E-state index >= 15 is 0 Å². The molecule has 0 saturated heterocycles. The molecule has 2 N–H and O–H groups in total. The van der Waals surface area contributed by atoms with Crippen molar-refractivity contribution in [2.24, 2.45) is 0 Å². The van der Waals surface area contributed by atoms with Crippen LogP contribution >= 0.6 is 11.6 Å². The van der Waals surface area contributed by atoms with Crippen LogP contribution in [0.2, 0.25) is 5.02 Å². The number of pyridine rings is 1. The molecule has 26 heavy (non-hydrogen) atoms. The van der Waals surface area contributed by atoms with E-state index in [1.807, 2.05) is 18.2 Å². The Hall–Kier alpha value is -3.19. The van der Waals surface area contributed by atoms with Gasteiger partial charge in [-0.15, -0.1) is 0 Å². The van der Waals surface area contributed by atoms with E-state index < -0.39 is 5.97 Å². The molecule has 0 amide bonds. The number of esters is 1. The highest BCUT2D eigenvalue weighted by Gasteiger charge is 2.10. The molecule has 0 aliphatic rings. The van der Waals surface area contributed by atoms with Gasteiger partial charge in [-0.05, 0) is 36.4 Å². The molecular weight excluding hydrogens is 354 g/mol. The minimum atomic E-state index is -0.448. The predicted octanol–water partition coefficient (Wildman–Crippen LogP) is 3.67. The fourth-order valence-electron chi connectivity index (χ4n) is 2.19. The van der Waals surface area contributed by atoms with Gasteiger partial charge >= 0.3 is 5.97 Å². The number of anilines is 3. The number of hydrogen-bond donors (Lipinski definition) is 2. The van der Waals surface area contributed by atoms with Gasteiger partial charge in [-0.3, -0.25) is 4.98 Å². The van der Waals surface area contributed by atoms with Crippen molar-refractivity contribution in [1.82, 2.24) is 15.0 Å². The summed E-state index contributed by atoms with van der Waals surface area (Å²) in [7, 11) is 1.32. The highest BCUT2D eigenvalue weighted by molar-refractivity contribution is 6.33. The molecule has 7 nitrogen and oxygen atoms in total. The molecule has 0 bridgehead atoms. The summed E-state index contributed by atoms with van der Waals surface area (Å²) in [5, 5.41) is 6.63. The summed E-state index contributed by atoms with van der Waals surface area (Å²) in [6.45, 7) is 0.538. The van der Waals surface area contributed by atoms with E-state index in [-0.39, 0.29) is 0 Å². The molecule has 0 spiro atoms. The molecule has 3 rings (SSSR count). The fraction of sp³-hybridized carbons (Fsp3) is 0.111. The highest BCUT2D eigenvalue weighted by Crippen LogP contribution is 2.26. The maximum Gasteiger partial charge on any atom is 0.337 e. The van der Waals surface area contributed by atoms with Crippen molar-refractivity contribution in [2.75, 3.05) is 17.7 Å². The first-order chi connectivity index (χ1) is 12.7. The van der Waals surface area contributed by atoms with Crippen molar-refractivity contribution in [3.05, 3.63) is 71.1 Å². The average molecular weight is 370 g/mol. The molecule has 2 heterocycles. The smallest absolute Gasteiger partial charge is 0.337 e. The second-order valence-corrected chi connectivity index (χ2v) is 5.66. The Bertz CT molecular complexity index is 905. The molecule has 0 radical (unpaired) electrons. The lowest BCUT2D eigenvalue weighted by molar-refractivity contribution is 0.0601. The molecule has 0 aliphatic carbocycles. The standard InChI is InChI=1S/C18H16ClN5O2/c1-26-17(25)12-5-6-14(19)15(10-12)23-18-21-9-7-16(24-18)22-11-13-4-2-3-8-20-13/h2-10H,11H2,1H3,(H2,21,22,23,24). The third kappa shape index (κ3) is 4.46. The first kappa shape index (κ1) is 17.6. The van der Waals surface area contributed by atoms with Crippen molar-refractivity contribution < 1.29 is 9.53 Å². The second kappa shape index (κ2) is 8.26. The van der Waals surface area contributed by atoms with E-state index in [1.54, 1.807) is 36.7 Å². The Labute approximate surface area is 155 Å². The molecule has 0 fully saturated rings. The molecule has 3 aromatic rings. The highest BCUT2D eigenvalue weighted by atomic mass is 35.5. The van der Waals surface area contributed by atoms with Crippen LogP contribution in [0.3, 0.4) is 0 Å². The lowest BCUT2D eigenvalue weighted by Gasteiger charge is -2.10. The topological polar surface area (TPSA) is 89.0 Å². The van der Waals surface area contributed by atoms with E-state index in [0.29, 0.717) is 34.6 Å².